The molecule has 0 atom stereocenters. The first-order chi connectivity index (χ1) is 5.27. The van der Waals surface area contributed by atoms with Gasteiger partial charge in [0.2, 0.25) is 0 Å². The van der Waals surface area contributed by atoms with Gasteiger partial charge in [-0.25, -0.2) is 0 Å². The van der Waals surface area contributed by atoms with Crippen molar-refractivity contribution >= 4 is 24.2 Å². The fraction of sp³-hybridized carbons (Fsp3) is 0.111. The highest BCUT2D eigenvalue weighted by Crippen LogP contribution is 2.14. The number of nitrogens with one attached hydrogen (secondary N) is 1. The van der Waals surface area contributed by atoms with Crippen LogP contribution in [0.3, 0.4) is 0 Å². The third-order valence-electron chi connectivity index (χ3n) is 1.91. The maximum absolute atomic E-state index is 5.64. The van der Waals surface area contributed by atoms with E-state index in [1.807, 2.05) is 24.4 Å². The molecule has 0 saturated carbocycles. The molecule has 1 aromatic carbocycles. The fourth-order valence-corrected chi connectivity index (χ4v) is 1.28. The minimum Gasteiger partial charge on any atom is -0.361 e. The van der Waals surface area contributed by atoms with Gasteiger partial charge in [0, 0.05) is 17.1 Å². The van der Waals surface area contributed by atoms with Crippen molar-refractivity contribution in [3.8, 4) is 0 Å². The van der Waals surface area contributed by atoms with E-state index in [0.717, 1.165) is 11.0 Å². The summed E-state index contributed by atoms with van der Waals surface area (Å²) in [7, 11) is 5.64. The number of benzene rings is 1. The van der Waals surface area contributed by atoms with Gasteiger partial charge in [-0.1, -0.05) is 17.6 Å². The van der Waals surface area contributed by atoms with Gasteiger partial charge < -0.3 is 4.98 Å². The Balaban J connectivity index is 2.87. The molecule has 11 heavy (non-hydrogen) atoms. The van der Waals surface area contributed by atoms with Gasteiger partial charge in [0.1, 0.15) is 7.85 Å². The minimum atomic E-state index is 0.820. The van der Waals surface area contributed by atoms with Crippen LogP contribution in [0.5, 0.6) is 0 Å². The molecule has 1 aromatic heterocycles. The third kappa shape index (κ3) is 0.948. The van der Waals surface area contributed by atoms with Gasteiger partial charge in [-0.05, 0) is 18.6 Å². The second kappa shape index (κ2) is 2.16. The smallest absolute Gasteiger partial charge is 0.113 e. The lowest BCUT2D eigenvalue weighted by Crippen LogP contribution is -1.99. The average Bonchev–Trinajstić information content (AvgIpc) is 2.33. The molecular weight excluding hydrogens is 133 g/mol. The summed E-state index contributed by atoms with van der Waals surface area (Å²) in [5, 5.41) is 1.21. The Morgan fingerprint density at radius 2 is 2.18 bits per heavy atom. The van der Waals surface area contributed by atoms with E-state index in [1.165, 1.54) is 10.9 Å². The maximum Gasteiger partial charge on any atom is 0.113 e. The molecule has 0 unspecified atom stereocenters. The third-order valence-corrected chi connectivity index (χ3v) is 1.91. The molecule has 0 aliphatic rings. The van der Waals surface area contributed by atoms with Gasteiger partial charge in [0.15, 0.2) is 0 Å². The van der Waals surface area contributed by atoms with Gasteiger partial charge in [0.25, 0.3) is 0 Å². The van der Waals surface area contributed by atoms with E-state index >= 15 is 0 Å². The number of aryl methyl sites for hydroxylation is 1. The molecule has 0 aliphatic heterocycles. The average molecular weight is 141 g/mol. The summed E-state index contributed by atoms with van der Waals surface area (Å²) >= 11 is 0. The van der Waals surface area contributed by atoms with Crippen molar-refractivity contribution in [2.75, 3.05) is 0 Å². The quantitative estimate of drug-likeness (QED) is 0.531. The van der Waals surface area contributed by atoms with E-state index in [2.05, 4.69) is 11.9 Å². The van der Waals surface area contributed by atoms with E-state index in [-0.39, 0.29) is 0 Å². The van der Waals surface area contributed by atoms with Crippen LogP contribution in [0.2, 0.25) is 0 Å². The monoisotopic (exact) mass is 141 g/mol. The summed E-state index contributed by atoms with van der Waals surface area (Å²) in [5.74, 6) is 0. The number of aromatic nitrogens is 1. The van der Waals surface area contributed by atoms with E-state index < -0.39 is 0 Å². The number of hydrogen-bond donors (Lipinski definition) is 1. The first-order valence-electron chi connectivity index (χ1n) is 3.60. The fourth-order valence-electron chi connectivity index (χ4n) is 1.28. The predicted octanol–water partition coefficient (Wildman–Crippen LogP) is 1.27. The highest BCUT2D eigenvalue weighted by atomic mass is 14.7. The van der Waals surface area contributed by atoms with E-state index in [1.54, 1.807) is 0 Å². The summed E-state index contributed by atoms with van der Waals surface area (Å²) in [6, 6.07) is 5.89. The number of rotatable bonds is 0. The highest BCUT2D eigenvalue weighted by Gasteiger charge is 1.96. The topological polar surface area (TPSA) is 15.8 Å². The zero-order valence-electron chi connectivity index (χ0n) is 6.39. The van der Waals surface area contributed by atoms with Gasteiger partial charge >= 0.3 is 0 Å². The van der Waals surface area contributed by atoms with Crippen LogP contribution in [-0.2, 0) is 0 Å². The lowest BCUT2D eigenvalue weighted by molar-refractivity contribution is 1.43. The van der Waals surface area contributed by atoms with Crippen LogP contribution < -0.4 is 5.46 Å². The zero-order valence-corrected chi connectivity index (χ0v) is 6.39. The SMILES string of the molecule is [B]c1ccc2[nH]cc(C)c2c1. The number of H-pyrrole nitrogens is 1. The molecule has 0 bridgehead atoms. The van der Waals surface area contributed by atoms with Crippen LogP contribution >= 0.6 is 0 Å². The summed E-state index contributed by atoms with van der Waals surface area (Å²) in [6.45, 7) is 2.07. The normalized spacial score (nSPS) is 10.6. The Morgan fingerprint density at radius 1 is 1.36 bits per heavy atom. The molecule has 2 heteroatoms. The Labute approximate surface area is 66.8 Å². The minimum absolute atomic E-state index is 0.820. The summed E-state index contributed by atoms with van der Waals surface area (Å²) in [5.41, 5.74) is 3.21. The van der Waals surface area contributed by atoms with Crippen molar-refractivity contribution in [3.63, 3.8) is 0 Å². The first-order valence-corrected chi connectivity index (χ1v) is 3.60. The molecule has 0 saturated heterocycles. The van der Waals surface area contributed by atoms with Gasteiger partial charge in [-0.3, -0.25) is 0 Å². The Bertz CT molecular complexity index is 389. The van der Waals surface area contributed by atoms with Gasteiger partial charge in [-0.15, -0.1) is 0 Å². The van der Waals surface area contributed by atoms with Crippen LogP contribution in [0, 0.1) is 6.92 Å². The van der Waals surface area contributed by atoms with Crippen LogP contribution in [0.1, 0.15) is 5.56 Å². The second-order valence-electron chi connectivity index (χ2n) is 2.78. The number of hydrogen-bond acceptors (Lipinski definition) is 0. The molecule has 2 radical (unpaired) electrons. The largest absolute Gasteiger partial charge is 0.361 e. The van der Waals surface area contributed by atoms with Crippen molar-refractivity contribution in [2.45, 2.75) is 6.92 Å². The molecule has 0 spiro atoms. The van der Waals surface area contributed by atoms with Crippen LogP contribution in [0.25, 0.3) is 10.9 Å². The molecule has 0 fully saturated rings. The molecule has 1 nitrogen and oxygen atoms in total. The van der Waals surface area contributed by atoms with Crippen LogP contribution in [-0.4, -0.2) is 12.8 Å². The molecule has 1 heterocycles. The molecule has 0 aliphatic carbocycles. The van der Waals surface area contributed by atoms with Gasteiger partial charge in [0.05, 0.1) is 0 Å². The Kier molecular flexibility index (Phi) is 1.28. The summed E-state index contributed by atoms with van der Waals surface area (Å²) in [4.78, 5) is 3.16. The van der Waals surface area contributed by atoms with E-state index in [9.17, 15) is 0 Å². The number of aromatic amines is 1. The first kappa shape index (κ1) is 6.53. The van der Waals surface area contributed by atoms with Crippen molar-refractivity contribution in [1.82, 2.24) is 4.98 Å². The maximum atomic E-state index is 5.64. The van der Waals surface area contributed by atoms with Crippen molar-refractivity contribution in [3.05, 3.63) is 30.0 Å². The lowest BCUT2D eigenvalue weighted by atomic mass is 9.94. The van der Waals surface area contributed by atoms with Crippen LogP contribution in [0.4, 0.5) is 0 Å². The van der Waals surface area contributed by atoms with Crippen LogP contribution in [0.15, 0.2) is 24.4 Å². The molecule has 52 valence electrons. The Morgan fingerprint density at radius 3 is 3.00 bits per heavy atom. The molecule has 2 rings (SSSR count). The predicted molar refractivity (Wildman–Crippen MR) is 48.4 cm³/mol. The van der Waals surface area contributed by atoms with Crippen molar-refractivity contribution in [2.24, 2.45) is 0 Å². The molecule has 1 N–H and O–H groups in total. The number of fused-ring (bicyclic) bond motifs is 1. The van der Waals surface area contributed by atoms with Crippen molar-refractivity contribution < 1.29 is 0 Å². The summed E-state index contributed by atoms with van der Waals surface area (Å²) < 4.78 is 0. The molecular formula is C9H8BN. The van der Waals surface area contributed by atoms with E-state index in [0.29, 0.717) is 0 Å². The van der Waals surface area contributed by atoms with Gasteiger partial charge in [-0.2, -0.15) is 0 Å². The van der Waals surface area contributed by atoms with Crippen molar-refractivity contribution in [1.29, 1.82) is 0 Å². The Hall–Kier alpha value is -1.18. The molecule has 2 aromatic rings. The second-order valence-corrected chi connectivity index (χ2v) is 2.78. The summed E-state index contributed by atoms with van der Waals surface area (Å²) in [6.07, 6.45) is 1.99. The zero-order chi connectivity index (χ0) is 7.84. The molecule has 0 amide bonds. The lowest BCUT2D eigenvalue weighted by Gasteiger charge is -1.93. The van der Waals surface area contributed by atoms with E-state index in [4.69, 9.17) is 7.85 Å². The standard InChI is InChI=1S/C9H8BN/c1-6-5-11-9-3-2-7(10)4-8(6)9/h2-5,11H,1H3. The highest BCUT2D eigenvalue weighted by molar-refractivity contribution is 6.33.